The van der Waals surface area contributed by atoms with Crippen molar-refractivity contribution >= 4 is 17.6 Å². The standard InChI is InChI=1S/C16H24ClN3O2/c1-2-22-19-16(21)18-11-13-7-9-20(10-8-13)12-14-5-3-4-6-15(14)17/h3-6,13H,2,7-12H2,1H3,(H2,18,19,21). The number of halogens is 1. The van der Waals surface area contributed by atoms with Crippen LogP contribution in [0.5, 0.6) is 0 Å². The molecule has 0 radical (unpaired) electrons. The van der Waals surface area contributed by atoms with Gasteiger partial charge >= 0.3 is 6.03 Å². The Morgan fingerprint density at radius 3 is 2.77 bits per heavy atom. The van der Waals surface area contributed by atoms with E-state index in [1.165, 1.54) is 5.56 Å². The lowest BCUT2D eigenvalue weighted by molar-refractivity contribution is 0.0697. The third-order valence-corrected chi connectivity index (χ3v) is 4.29. The molecule has 0 aromatic heterocycles. The maximum atomic E-state index is 11.4. The highest BCUT2D eigenvalue weighted by atomic mass is 35.5. The smallest absolute Gasteiger partial charge is 0.336 e. The number of carbonyl (C=O) groups excluding carboxylic acids is 1. The molecule has 122 valence electrons. The molecule has 6 heteroatoms. The molecule has 2 N–H and O–H groups in total. The summed E-state index contributed by atoms with van der Waals surface area (Å²) < 4.78 is 0. The number of hydrogen-bond donors (Lipinski definition) is 2. The summed E-state index contributed by atoms with van der Waals surface area (Å²) in [4.78, 5) is 18.7. The van der Waals surface area contributed by atoms with Gasteiger partial charge in [0, 0.05) is 18.1 Å². The maximum Gasteiger partial charge on any atom is 0.338 e. The lowest BCUT2D eigenvalue weighted by Crippen LogP contribution is -2.41. The van der Waals surface area contributed by atoms with Crippen LogP contribution < -0.4 is 10.8 Å². The molecule has 22 heavy (non-hydrogen) atoms. The van der Waals surface area contributed by atoms with Crippen LogP contribution in [0.2, 0.25) is 5.02 Å². The van der Waals surface area contributed by atoms with E-state index >= 15 is 0 Å². The van der Waals surface area contributed by atoms with Gasteiger partial charge in [0.05, 0.1) is 6.61 Å². The van der Waals surface area contributed by atoms with Crippen molar-refractivity contribution in [3.8, 4) is 0 Å². The molecule has 0 atom stereocenters. The number of nitrogens with one attached hydrogen (secondary N) is 2. The zero-order valence-electron chi connectivity index (χ0n) is 13.0. The maximum absolute atomic E-state index is 11.4. The highest BCUT2D eigenvalue weighted by molar-refractivity contribution is 6.31. The second-order valence-electron chi connectivity index (χ2n) is 5.56. The fourth-order valence-corrected chi connectivity index (χ4v) is 2.82. The summed E-state index contributed by atoms with van der Waals surface area (Å²) in [6, 6.07) is 7.73. The van der Waals surface area contributed by atoms with Crippen LogP contribution in [0.4, 0.5) is 4.79 Å². The summed E-state index contributed by atoms with van der Waals surface area (Å²) in [6.07, 6.45) is 2.17. The first-order chi connectivity index (χ1) is 10.7. The molecule has 0 bridgehead atoms. The minimum Gasteiger partial charge on any atom is -0.336 e. The number of amides is 2. The summed E-state index contributed by atoms with van der Waals surface area (Å²) in [6.45, 7) is 5.95. The molecule has 1 aromatic rings. The van der Waals surface area contributed by atoms with Gasteiger partial charge in [0.25, 0.3) is 0 Å². The summed E-state index contributed by atoms with van der Waals surface area (Å²) in [7, 11) is 0. The van der Waals surface area contributed by atoms with Gasteiger partial charge in [0.15, 0.2) is 0 Å². The highest BCUT2D eigenvalue weighted by Gasteiger charge is 2.20. The van der Waals surface area contributed by atoms with E-state index in [1.807, 2.05) is 25.1 Å². The number of hydroxylamine groups is 1. The van der Waals surface area contributed by atoms with Crippen molar-refractivity contribution in [2.75, 3.05) is 26.2 Å². The third kappa shape index (κ3) is 5.48. The van der Waals surface area contributed by atoms with Crippen LogP contribution in [0, 0.1) is 5.92 Å². The SMILES string of the molecule is CCONC(=O)NCC1CCN(Cc2ccccc2Cl)CC1. The largest absolute Gasteiger partial charge is 0.338 e. The number of hydrogen-bond acceptors (Lipinski definition) is 3. The molecular weight excluding hydrogens is 302 g/mol. The van der Waals surface area contributed by atoms with E-state index in [9.17, 15) is 4.79 Å². The molecule has 0 aliphatic carbocycles. The van der Waals surface area contributed by atoms with E-state index in [4.69, 9.17) is 16.4 Å². The lowest BCUT2D eigenvalue weighted by atomic mass is 9.96. The van der Waals surface area contributed by atoms with E-state index in [0.717, 1.165) is 37.5 Å². The summed E-state index contributed by atoms with van der Waals surface area (Å²) >= 11 is 6.21. The van der Waals surface area contributed by atoms with Crippen molar-refractivity contribution in [2.24, 2.45) is 5.92 Å². The second-order valence-corrected chi connectivity index (χ2v) is 5.96. The number of likely N-dealkylation sites (tertiary alicyclic amines) is 1. The third-order valence-electron chi connectivity index (χ3n) is 3.92. The molecule has 1 aliphatic heterocycles. The summed E-state index contributed by atoms with van der Waals surface area (Å²) in [5.74, 6) is 0.523. The quantitative estimate of drug-likeness (QED) is 0.791. The van der Waals surface area contributed by atoms with Crippen LogP contribution in [0.15, 0.2) is 24.3 Å². The number of piperidine rings is 1. The van der Waals surface area contributed by atoms with Gasteiger partial charge in [-0.2, -0.15) is 0 Å². The Labute approximate surface area is 136 Å². The van der Waals surface area contributed by atoms with Crippen molar-refractivity contribution < 1.29 is 9.63 Å². The molecule has 1 aliphatic rings. The van der Waals surface area contributed by atoms with Crippen LogP contribution in [0.1, 0.15) is 25.3 Å². The Kier molecular flexibility index (Phi) is 6.96. The van der Waals surface area contributed by atoms with Crippen LogP contribution in [0.3, 0.4) is 0 Å². The van der Waals surface area contributed by atoms with Gasteiger partial charge in [-0.25, -0.2) is 10.3 Å². The molecule has 2 amide bonds. The predicted molar refractivity (Wildman–Crippen MR) is 87.6 cm³/mol. The molecule has 1 saturated heterocycles. The lowest BCUT2D eigenvalue weighted by Gasteiger charge is -2.32. The molecule has 0 spiro atoms. The molecule has 1 aromatic carbocycles. The molecule has 0 unspecified atom stereocenters. The van der Waals surface area contributed by atoms with Crippen LogP contribution >= 0.6 is 11.6 Å². The van der Waals surface area contributed by atoms with Crippen LogP contribution in [-0.4, -0.2) is 37.2 Å². The van der Waals surface area contributed by atoms with Crippen molar-refractivity contribution in [1.82, 2.24) is 15.7 Å². The molecular formula is C16H24ClN3O2. The minimum absolute atomic E-state index is 0.264. The Morgan fingerprint density at radius 2 is 2.09 bits per heavy atom. The van der Waals surface area contributed by atoms with Crippen molar-refractivity contribution in [3.63, 3.8) is 0 Å². The first-order valence-corrected chi connectivity index (χ1v) is 8.18. The van der Waals surface area contributed by atoms with Gasteiger partial charge in [-0.05, 0) is 50.4 Å². The number of urea groups is 1. The van der Waals surface area contributed by atoms with E-state index in [-0.39, 0.29) is 6.03 Å². The Morgan fingerprint density at radius 1 is 1.36 bits per heavy atom. The molecule has 1 fully saturated rings. The van der Waals surface area contributed by atoms with Crippen molar-refractivity contribution in [3.05, 3.63) is 34.9 Å². The average Bonchev–Trinajstić information content (AvgIpc) is 2.54. The Hall–Kier alpha value is -1.30. The molecule has 5 nitrogen and oxygen atoms in total. The Balaban J connectivity index is 1.67. The van der Waals surface area contributed by atoms with E-state index in [1.54, 1.807) is 0 Å². The monoisotopic (exact) mass is 325 g/mol. The van der Waals surface area contributed by atoms with E-state index in [0.29, 0.717) is 19.1 Å². The molecule has 1 heterocycles. The van der Waals surface area contributed by atoms with E-state index in [2.05, 4.69) is 21.8 Å². The highest BCUT2D eigenvalue weighted by Crippen LogP contribution is 2.21. The van der Waals surface area contributed by atoms with Gasteiger partial charge in [-0.1, -0.05) is 29.8 Å². The fraction of sp³-hybridized carbons (Fsp3) is 0.562. The van der Waals surface area contributed by atoms with Crippen molar-refractivity contribution in [2.45, 2.75) is 26.3 Å². The van der Waals surface area contributed by atoms with Gasteiger partial charge in [0.2, 0.25) is 0 Å². The zero-order chi connectivity index (χ0) is 15.8. The number of carbonyl (C=O) groups is 1. The molecule has 0 saturated carbocycles. The Bertz CT molecular complexity index is 476. The zero-order valence-corrected chi connectivity index (χ0v) is 13.7. The minimum atomic E-state index is -0.264. The predicted octanol–water partition coefficient (Wildman–Crippen LogP) is 2.80. The number of nitrogens with zero attached hydrogens (tertiary/aromatic N) is 1. The van der Waals surface area contributed by atoms with Crippen LogP contribution in [-0.2, 0) is 11.4 Å². The van der Waals surface area contributed by atoms with Gasteiger partial charge in [-0.3, -0.25) is 9.74 Å². The number of benzene rings is 1. The van der Waals surface area contributed by atoms with Crippen molar-refractivity contribution in [1.29, 1.82) is 0 Å². The van der Waals surface area contributed by atoms with Gasteiger partial charge < -0.3 is 5.32 Å². The number of rotatable bonds is 6. The average molecular weight is 326 g/mol. The summed E-state index contributed by atoms with van der Waals surface area (Å²) in [5, 5.41) is 3.68. The first kappa shape index (κ1) is 17.1. The van der Waals surface area contributed by atoms with Gasteiger partial charge in [-0.15, -0.1) is 0 Å². The summed E-state index contributed by atoms with van der Waals surface area (Å²) in [5.41, 5.74) is 3.52. The fourth-order valence-electron chi connectivity index (χ4n) is 2.63. The first-order valence-electron chi connectivity index (χ1n) is 7.80. The van der Waals surface area contributed by atoms with E-state index < -0.39 is 0 Å². The van der Waals surface area contributed by atoms with Crippen LogP contribution in [0.25, 0.3) is 0 Å². The molecule has 2 rings (SSSR count). The topological polar surface area (TPSA) is 53.6 Å². The second kappa shape index (κ2) is 8.98. The van der Waals surface area contributed by atoms with Gasteiger partial charge in [0.1, 0.15) is 0 Å². The normalized spacial score (nSPS) is 16.5.